The van der Waals surface area contributed by atoms with Crippen LogP contribution in [0.3, 0.4) is 0 Å². The molecule has 0 fully saturated rings. The Morgan fingerprint density at radius 2 is 1.54 bits per heavy atom. The van der Waals surface area contributed by atoms with Gasteiger partial charge in [0.15, 0.2) is 0 Å². The Morgan fingerprint density at radius 3 is 2.29 bits per heavy atom. The third-order valence-corrected chi connectivity index (χ3v) is 4.64. The van der Waals surface area contributed by atoms with E-state index in [1.165, 1.54) is 30.3 Å². The van der Waals surface area contributed by atoms with Crippen molar-refractivity contribution in [3.63, 3.8) is 0 Å². The fraction of sp³-hybridized carbons (Fsp3) is 0.0476. The van der Waals surface area contributed by atoms with Crippen LogP contribution in [0.1, 0.15) is 27.5 Å². The number of rotatable bonds is 2. The topological polar surface area (TPSA) is 98.7 Å². The van der Waals surface area contributed by atoms with Gasteiger partial charge in [0.25, 0.3) is 5.91 Å². The molecule has 1 atom stereocenters. The molecule has 3 aromatic carbocycles. The number of hydrogen-bond donors (Lipinski definition) is 4. The van der Waals surface area contributed by atoms with Gasteiger partial charge < -0.3 is 15.5 Å². The van der Waals surface area contributed by atoms with E-state index in [0.717, 1.165) is 11.1 Å². The number of benzene rings is 3. The van der Waals surface area contributed by atoms with Crippen LogP contribution in [0.15, 0.2) is 60.7 Å². The van der Waals surface area contributed by atoms with Crippen LogP contribution in [0.4, 0.5) is 9.18 Å². The predicted molar refractivity (Wildman–Crippen MR) is 99.4 cm³/mol. The zero-order chi connectivity index (χ0) is 19.8. The number of phenolic OH excluding ortho intramolecular Hbond substituents is 2. The molecule has 1 aliphatic rings. The van der Waals surface area contributed by atoms with Gasteiger partial charge in [-0.05, 0) is 46.5 Å². The van der Waals surface area contributed by atoms with E-state index in [0.29, 0.717) is 11.1 Å². The zero-order valence-electron chi connectivity index (χ0n) is 14.4. The van der Waals surface area contributed by atoms with Crippen molar-refractivity contribution in [3.05, 3.63) is 83.2 Å². The first-order chi connectivity index (χ1) is 13.5. The number of halogens is 1. The predicted octanol–water partition coefficient (Wildman–Crippen LogP) is 3.45. The molecule has 6 nitrogen and oxygen atoms in total. The Morgan fingerprint density at radius 1 is 0.857 bits per heavy atom. The Balaban J connectivity index is 1.59. The second-order valence-corrected chi connectivity index (χ2v) is 6.35. The lowest BCUT2D eigenvalue weighted by molar-refractivity contribution is 0.0958. The molecule has 0 bridgehead atoms. The van der Waals surface area contributed by atoms with Crippen molar-refractivity contribution in [2.24, 2.45) is 0 Å². The van der Waals surface area contributed by atoms with Gasteiger partial charge in [-0.3, -0.25) is 10.1 Å². The van der Waals surface area contributed by atoms with E-state index in [2.05, 4.69) is 10.6 Å². The van der Waals surface area contributed by atoms with Crippen LogP contribution >= 0.6 is 0 Å². The summed E-state index contributed by atoms with van der Waals surface area (Å²) in [6.07, 6.45) is 0. The summed E-state index contributed by atoms with van der Waals surface area (Å²) in [5.74, 6) is -2.22. The molecule has 4 N–H and O–H groups in total. The highest BCUT2D eigenvalue weighted by Crippen LogP contribution is 2.43. The maximum atomic E-state index is 13.7. The van der Waals surface area contributed by atoms with E-state index < -0.39 is 35.0 Å². The Hall–Kier alpha value is -3.87. The van der Waals surface area contributed by atoms with E-state index in [1.807, 2.05) is 18.2 Å². The maximum Gasteiger partial charge on any atom is 0.322 e. The first kappa shape index (κ1) is 17.5. The van der Waals surface area contributed by atoms with Crippen molar-refractivity contribution in [1.82, 2.24) is 10.6 Å². The molecule has 3 aromatic rings. The number of carbonyl (C=O) groups excluding carboxylic acids is 2. The number of amides is 3. The van der Waals surface area contributed by atoms with Crippen molar-refractivity contribution in [3.8, 4) is 22.6 Å². The minimum Gasteiger partial charge on any atom is -0.507 e. The monoisotopic (exact) mass is 378 g/mol. The SMILES string of the molecule is O=C(NC(=O)c1c(O)cccc1O)NC1c2ccccc2-c2cc(F)ccc21. The summed E-state index contributed by atoms with van der Waals surface area (Å²) >= 11 is 0. The van der Waals surface area contributed by atoms with Crippen molar-refractivity contribution in [2.45, 2.75) is 6.04 Å². The molecule has 0 spiro atoms. The van der Waals surface area contributed by atoms with Crippen molar-refractivity contribution < 1.29 is 24.2 Å². The van der Waals surface area contributed by atoms with Crippen molar-refractivity contribution >= 4 is 11.9 Å². The van der Waals surface area contributed by atoms with Crippen LogP contribution < -0.4 is 10.6 Å². The highest BCUT2D eigenvalue weighted by Gasteiger charge is 2.30. The van der Waals surface area contributed by atoms with E-state index in [1.54, 1.807) is 12.1 Å². The highest BCUT2D eigenvalue weighted by atomic mass is 19.1. The number of fused-ring (bicyclic) bond motifs is 3. The zero-order valence-corrected chi connectivity index (χ0v) is 14.4. The van der Waals surface area contributed by atoms with Gasteiger partial charge in [0.1, 0.15) is 22.9 Å². The third kappa shape index (κ3) is 2.92. The lowest BCUT2D eigenvalue weighted by Crippen LogP contribution is -2.41. The summed E-state index contributed by atoms with van der Waals surface area (Å²) in [6.45, 7) is 0. The van der Waals surface area contributed by atoms with E-state index in [4.69, 9.17) is 0 Å². The molecule has 7 heteroatoms. The van der Waals surface area contributed by atoms with E-state index in [-0.39, 0.29) is 5.82 Å². The van der Waals surface area contributed by atoms with Gasteiger partial charge in [0.2, 0.25) is 0 Å². The van der Waals surface area contributed by atoms with E-state index >= 15 is 0 Å². The number of carbonyl (C=O) groups is 2. The summed E-state index contributed by atoms with van der Waals surface area (Å²) in [7, 11) is 0. The molecule has 0 aliphatic heterocycles. The van der Waals surface area contributed by atoms with Crippen LogP contribution in [0.2, 0.25) is 0 Å². The largest absolute Gasteiger partial charge is 0.507 e. The summed E-state index contributed by atoms with van der Waals surface area (Å²) in [4.78, 5) is 24.7. The molecule has 0 aromatic heterocycles. The first-order valence-corrected chi connectivity index (χ1v) is 8.47. The van der Waals surface area contributed by atoms with Gasteiger partial charge in [-0.15, -0.1) is 0 Å². The Labute approximate surface area is 159 Å². The number of phenols is 2. The fourth-order valence-corrected chi connectivity index (χ4v) is 3.42. The van der Waals surface area contributed by atoms with E-state index in [9.17, 15) is 24.2 Å². The van der Waals surface area contributed by atoms with Crippen molar-refractivity contribution in [2.75, 3.05) is 0 Å². The molecule has 1 aliphatic carbocycles. The average molecular weight is 378 g/mol. The number of nitrogens with one attached hydrogen (secondary N) is 2. The fourth-order valence-electron chi connectivity index (χ4n) is 3.42. The molecule has 0 heterocycles. The molecule has 1 unspecified atom stereocenters. The number of hydrogen-bond acceptors (Lipinski definition) is 4. The van der Waals surface area contributed by atoms with Crippen LogP contribution in [0.5, 0.6) is 11.5 Å². The Kier molecular flexibility index (Phi) is 4.19. The van der Waals surface area contributed by atoms with Gasteiger partial charge in [-0.25, -0.2) is 9.18 Å². The lowest BCUT2D eigenvalue weighted by atomic mass is 10.1. The normalized spacial score (nSPS) is 14.1. The second kappa shape index (κ2) is 6.70. The molecular weight excluding hydrogens is 363 g/mol. The van der Waals surface area contributed by atoms with Crippen LogP contribution in [-0.2, 0) is 0 Å². The second-order valence-electron chi connectivity index (χ2n) is 6.35. The maximum absolute atomic E-state index is 13.7. The molecule has 4 rings (SSSR count). The minimum absolute atomic E-state index is 0.385. The molecule has 0 saturated heterocycles. The van der Waals surface area contributed by atoms with Crippen molar-refractivity contribution in [1.29, 1.82) is 0 Å². The molecule has 140 valence electrons. The van der Waals surface area contributed by atoms with Gasteiger partial charge in [-0.1, -0.05) is 36.4 Å². The quantitative estimate of drug-likeness (QED) is 0.549. The van der Waals surface area contributed by atoms with Gasteiger partial charge in [0.05, 0.1) is 6.04 Å². The highest BCUT2D eigenvalue weighted by molar-refractivity contribution is 6.07. The molecule has 0 radical (unpaired) electrons. The molecule has 28 heavy (non-hydrogen) atoms. The third-order valence-electron chi connectivity index (χ3n) is 4.64. The standard InChI is InChI=1S/C21H15FN2O4/c22-11-8-9-14-15(10-11)12-4-1-2-5-13(12)19(14)23-21(28)24-20(27)18-16(25)6-3-7-17(18)26/h1-10,19,25-26H,(H2,23,24,27,28). The van der Waals surface area contributed by atoms with Crippen LogP contribution in [-0.4, -0.2) is 22.2 Å². The number of aromatic hydroxyl groups is 2. The number of urea groups is 1. The van der Waals surface area contributed by atoms with Gasteiger partial charge in [0, 0.05) is 0 Å². The lowest BCUT2D eigenvalue weighted by Gasteiger charge is -2.16. The average Bonchev–Trinajstić information content (AvgIpc) is 2.95. The smallest absolute Gasteiger partial charge is 0.322 e. The van der Waals surface area contributed by atoms with Gasteiger partial charge >= 0.3 is 6.03 Å². The van der Waals surface area contributed by atoms with Gasteiger partial charge in [-0.2, -0.15) is 0 Å². The minimum atomic E-state index is -0.946. The molecule has 3 amide bonds. The summed E-state index contributed by atoms with van der Waals surface area (Å²) < 4.78 is 13.7. The first-order valence-electron chi connectivity index (χ1n) is 8.47. The summed E-state index contributed by atoms with van der Waals surface area (Å²) in [5.41, 5.74) is 2.55. The van der Waals surface area contributed by atoms with Crippen LogP contribution in [0.25, 0.3) is 11.1 Å². The summed E-state index contributed by atoms with van der Waals surface area (Å²) in [6, 6.07) is 14.0. The molecule has 0 saturated carbocycles. The Bertz CT molecular complexity index is 1090. The summed E-state index contributed by atoms with van der Waals surface area (Å²) in [5, 5.41) is 24.3. The van der Waals surface area contributed by atoms with Crippen LogP contribution in [0, 0.1) is 5.82 Å². The number of imide groups is 1. The molecular formula is C21H15FN2O4.